The first-order valence-corrected chi connectivity index (χ1v) is 7.20. The van der Waals surface area contributed by atoms with Crippen molar-refractivity contribution in [1.82, 2.24) is 4.98 Å². The number of hydrogen-bond acceptors (Lipinski definition) is 7. The van der Waals surface area contributed by atoms with Gasteiger partial charge in [0.05, 0.1) is 11.1 Å². The zero-order valence-electron chi connectivity index (χ0n) is 9.90. The van der Waals surface area contributed by atoms with Gasteiger partial charge in [-0.15, -0.1) is 16.2 Å². The van der Waals surface area contributed by atoms with E-state index in [1.807, 2.05) is 17.5 Å². The average molecular weight is 305 g/mol. The van der Waals surface area contributed by atoms with Crippen LogP contribution < -0.4 is 5.32 Å². The van der Waals surface area contributed by atoms with E-state index in [1.165, 1.54) is 17.5 Å². The minimum absolute atomic E-state index is 0.184. The Morgan fingerprint density at radius 1 is 1.35 bits per heavy atom. The van der Waals surface area contributed by atoms with Gasteiger partial charge in [0.1, 0.15) is 5.76 Å². The van der Waals surface area contributed by atoms with Crippen LogP contribution in [-0.2, 0) is 0 Å². The van der Waals surface area contributed by atoms with Gasteiger partial charge in [0.2, 0.25) is 0 Å². The van der Waals surface area contributed by atoms with Crippen molar-refractivity contribution in [1.29, 1.82) is 0 Å². The Morgan fingerprint density at radius 2 is 2.25 bits per heavy atom. The number of nitrogens with zero attached hydrogens (tertiary/aromatic N) is 2. The van der Waals surface area contributed by atoms with Crippen molar-refractivity contribution in [2.24, 2.45) is 5.18 Å². The summed E-state index contributed by atoms with van der Waals surface area (Å²) in [4.78, 5) is 27.1. The molecular formula is C12H7N3O3S2. The third-order valence-corrected chi connectivity index (χ3v) is 4.07. The molecule has 0 atom stereocenters. The van der Waals surface area contributed by atoms with Crippen LogP contribution in [0.5, 0.6) is 0 Å². The molecule has 8 heteroatoms. The molecule has 6 nitrogen and oxygen atoms in total. The molecule has 0 saturated carbocycles. The molecule has 0 aromatic carbocycles. The van der Waals surface area contributed by atoms with Crippen molar-refractivity contribution < 1.29 is 9.21 Å². The predicted octanol–water partition coefficient (Wildman–Crippen LogP) is 4.11. The van der Waals surface area contributed by atoms with E-state index >= 15 is 0 Å². The first kappa shape index (κ1) is 12.7. The Labute approximate surface area is 121 Å². The zero-order chi connectivity index (χ0) is 13.9. The molecule has 0 saturated heterocycles. The predicted molar refractivity (Wildman–Crippen MR) is 77.5 cm³/mol. The van der Waals surface area contributed by atoms with Crippen molar-refractivity contribution in [3.8, 4) is 10.6 Å². The van der Waals surface area contributed by atoms with Crippen molar-refractivity contribution in [2.75, 3.05) is 5.32 Å². The van der Waals surface area contributed by atoms with E-state index in [2.05, 4.69) is 15.5 Å². The molecule has 0 bridgehead atoms. The number of furan rings is 1. The first-order chi connectivity index (χ1) is 9.76. The van der Waals surface area contributed by atoms with Crippen LogP contribution in [0.15, 0.2) is 45.4 Å². The van der Waals surface area contributed by atoms with Crippen molar-refractivity contribution in [3.63, 3.8) is 0 Å². The van der Waals surface area contributed by atoms with Crippen LogP contribution in [0, 0.1) is 4.91 Å². The number of nitroso groups, excluding NO2 is 1. The number of thiophene rings is 1. The topological polar surface area (TPSA) is 84.6 Å². The Balaban J connectivity index is 1.76. The van der Waals surface area contributed by atoms with Crippen LogP contribution in [0.2, 0.25) is 0 Å². The number of aromatic nitrogens is 1. The lowest BCUT2D eigenvalue weighted by molar-refractivity contribution is 0.0997. The highest BCUT2D eigenvalue weighted by Gasteiger charge is 2.14. The van der Waals surface area contributed by atoms with Gasteiger partial charge in [0, 0.05) is 0 Å². The quantitative estimate of drug-likeness (QED) is 0.735. The second-order valence-electron chi connectivity index (χ2n) is 3.69. The lowest BCUT2D eigenvalue weighted by atomic mass is 10.3. The number of carbonyl (C=O) groups excluding carboxylic acids is 1. The van der Waals surface area contributed by atoms with E-state index in [9.17, 15) is 9.70 Å². The molecule has 3 aromatic heterocycles. The number of hydrogen-bond donors (Lipinski definition) is 1. The molecule has 1 N–H and O–H groups in total. The summed E-state index contributed by atoms with van der Waals surface area (Å²) >= 11 is 2.53. The van der Waals surface area contributed by atoms with Crippen LogP contribution in [0.4, 0.5) is 10.1 Å². The smallest absolute Gasteiger partial charge is 0.293 e. The molecule has 0 spiro atoms. The maximum Gasteiger partial charge on any atom is 0.293 e. The fraction of sp³-hybridized carbons (Fsp3) is 0. The van der Waals surface area contributed by atoms with Crippen LogP contribution in [0.1, 0.15) is 10.6 Å². The van der Waals surface area contributed by atoms with Crippen LogP contribution in [-0.4, -0.2) is 10.9 Å². The molecule has 3 rings (SSSR count). The SMILES string of the molecule is O=Nc1cnc(NC(=O)c2ccc(-c3cccs3)o2)s1. The Morgan fingerprint density at radius 3 is 2.95 bits per heavy atom. The number of nitrogens with one attached hydrogen (secondary N) is 1. The second-order valence-corrected chi connectivity index (χ2v) is 5.65. The minimum Gasteiger partial charge on any atom is -0.450 e. The number of rotatable bonds is 4. The molecule has 0 aliphatic rings. The molecule has 1 amide bonds. The van der Waals surface area contributed by atoms with Gasteiger partial charge in [0.15, 0.2) is 15.9 Å². The molecular weight excluding hydrogens is 298 g/mol. The largest absolute Gasteiger partial charge is 0.450 e. The maximum atomic E-state index is 12.0. The number of carbonyl (C=O) groups is 1. The number of amides is 1. The van der Waals surface area contributed by atoms with E-state index in [1.54, 1.807) is 12.1 Å². The van der Waals surface area contributed by atoms with Crippen molar-refractivity contribution in [3.05, 3.63) is 46.5 Å². The summed E-state index contributed by atoms with van der Waals surface area (Å²) in [6, 6.07) is 7.15. The summed E-state index contributed by atoms with van der Waals surface area (Å²) < 4.78 is 5.49. The first-order valence-electron chi connectivity index (χ1n) is 5.50. The second kappa shape index (κ2) is 5.35. The van der Waals surface area contributed by atoms with Gasteiger partial charge in [-0.05, 0) is 28.8 Å². The maximum absolute atomic E-state index is 12.0. The average Bonchev–Trinajstić information content (AvgIpc) is 3.19. The summed E-state index contributed by atoms with van der Waals surface area (Å²) in [5.41, 5.74) is 0. The highest BCUT2D eigenvalue weighted by Crippen LogP contribution is 2.28. The van der Waals surface area contributed by atoms with Crippen molar-refractivity contribution >= 4 is 38.7 Å². The molecule has 0 aliphatic heterocycles. The molecule has 0 fully saturated rings. The summed E-state index contributed by atoms with van der Waals surface area (Å²) in [6.07, 6.45) is 1.30. The highest BCUT2D eigenvalue weighted by molar-refractivity contribution is 7.19. The number of thiazole rings is 1. The summed E-state index contributed by atoms with van der Waals surface area (Å²) in [5, 5.41) is 7.74. The summed E-state index contributed by atoms with van der Waals surface area (Å²) in [5.74, 6) is 0.406. The monoisotopic (exact) mass is 305 g/mol. The molecule has 0 unspecified atom stereocenters. The van der Waals surface area contributed by atoms with Gasteiger partial charge in [-0.1, -0.05) is 17.4 Å². The van der Waals surface area contributed by atoms with E-state index in [-0.39, 0.29) is 10.8 Å². The summed E-state index contributed by atoms with van der Waals surface area (Å²) in [7, 11) is 0. The Kier molecular flexibility index (Phi) is 3.40. The van der Waals surface area contributed by atoms with E-state index in [0.717, 1.165) is 16.2 Å². The fourth-order valence-electron chi connectivity index (χ4n) is 1.54. The molecule has 3 aromatic rings. The van der Waals surface area contributed by atoms with E-state index in [4.69, 9.17) is 4.42 Å². The van der Waals surface area contributed by atoms with Gasteiger partial charge in [-0.2, -0.15) is 0 Å². The van der Waals surface area contributed by atoms with E-state index in [0.29, 0.717) is 10.9 Å². The molecule has 20 heavy (non-hydrogen) atoms. The molecule has 0 radical (unpaired) electrons. The third-order valence-electron chi connectivity index (χ3n) is 2.40. The van der Waals surface area contributed by atoms with Gasteiger partial charge >= 0.3 is 0 Å². The minimum atomic E-state index is -0.417. The van der Waals surface area contributed by atoms with Gasteiger partial charge < -0.3 is 4.42 Å². The van der Waals surface area contributed by atoms with Crippen LogP contribution in [0.3, 0.4) is 0 Å². The molecule has 0 aliphatic carbocycles. The Bertz CT molecular complexity index is 746. The van der Waals surface area contributed by atoms with Crippen LogP contribution in [0.25, 0.3) is 10.6 Å². The Hall–Kier alpha value is -2.32. The van der Waals surface area contributed by atoms with Crippen LogP contribution >= 0.6 is 22.7 Å². The lowest BCUT2D eigenvalue weighted by Crippen LogP contribution is -2.10. The fourth-order valence-corrected chi connectivity index (χ4v) is 2.81. The van der Waals surface area contributed by atoms with E-state index < -0.39 is 5.91 Å². The molecule has 3 heterocycles. The summed E-state index contributed by atoms with van der Waals surface area (Å²) in [6.45, 7) is 0. The standard InChI is InChI=1S/C12H7N3O3S2/c16-11(14-12-13-6-10(15-17)20-12)8-4-3-7(18-8)9-2-1-5-19-9/h1-6H,(H,13,14,16). The lowest BCUT2D eigenvalue weighted by Gasteiger charge is -1.97. The van der Waals surface area contributed by atoms with Gasteiger partial charge in [-0.25, -0.2) is 4.98 Å². The molecule has 100 valence electrons. The normalized spacial score (nSPS) is 10.4. The van der Waals surface area contributed by atoms with Crippen molar-refractivity contribution in [2.45, 2.75) is 0 Å². The van der Waals surface area contributed by atoms with Gasteiger partial charge in [0.25, 0.3) is 5.91 Å². The number of anilines is 1. The van der Waals surface area contributed by atoms with Gasteiger partial charge in [-0.3, -0.25) is 10.1 Å². The zero-order valence-corrected chi connectivity index (χ0v) is 11.5. The third kappa shape index (κ3) is 2.51. The highest BCUT2D eigenvalue weighted by atomic mass is 32.1.